The molecule has 2 aromatic rings. The molecule has 0 aromatic heterocycles. The van der Waals surface area contributed by atoms with Crippen molar-refractivity contribution in [2.75, 3.05) is 31.5 Å². The van der Waals surface area contributed by atoms with Crippen LogP contribution in [0, 0.1) is 22.0 Å². The monoisotopic (exact) mass is 380 g/mol. The van der Waals surface area contributed by atoms with Gasteiger partial charge >= 0.3 is 0 Å². The van der Waals surface area contributed by atoms with Gasteiger partial charge in [-0.3, -0.25) is 14.9 Å². The fraction of sp³-hybridized carbons (Fsp3) is 0.381. The number of carbonyl (C=O) groups excluding carboxylic acids is 1. The number of nitrogens with one attached hydrogen (secondary N) is 2. The first-order valence-corrected chi connectivity index (χ1v) is 9.72. The molecule has 0 aliphatic carbocycles. The van der Waals surface area contributed by atoms with E-state index in [0.717, 1.165) is 31.6 Å². The molecule has 0 spiro atoms. The van der Waals surface area contributed by atoms with Crippen molar-refractivity contribution in [2.24, 2.45) is 11.8 Å². The lowest BCUT2D eigenvalue weighted by atomic mass is 9.92. The van der Waals surface area contributed by atoms with Crippen molar-refractivity contribution in [1.82, 2.24) is 10.2 Å². The number of nitro groups is 1. The summed E-state index contributed by atoms with van der Waals surface area (Å²) in [6.45, 7) is 3.47. The number of carbonyl (C=O) groups is 1. The van der Waals surface area contributed by atoms with Gasteiger partial charge < -0.3 is 15.5 Å². The highest BCUT2D eigenvalue weighted by molar-refractivity contribution is 5.96. The SMILES string of the molecule is O=C(c1ccc(Nc2ccccc2)c([N+](=O)[O-])c1)N1CC[C@@H]2CNC[C@@H]2CC1. The molecule has 28 heavy (non-hydrogen) atoms. The number of hydrogen-bond acceptors (Lipinski definition) is 5. The number of nitro benzene ring substituents is 1. The molecule has 0 saturated carbocycles. The minimum absolute atomic E-state index is 0.0920. The van der Waals surface area contributed by atoms with Crippen molar-refractivity contribution in [3.63, 3.8) is 0 Å². The maximum Gasteiger partial charge on any atom is 0.293 e. The number of benzene rings is 2. The molecule has 2 aliphatic heterocycles. The zero-order valence-corrected chi connectivity index (χ0v) is 15.6. The summed E-state index contributed by atoms with van der Waals surface area (Å²) in [6.07, 6.45) is 1.97. The third-order valence-electron chi connectivity index (χ3n) is 5.80. The molecule has 7 heteroatoms. The quantitative estimate of drug-likeness (QED) is 0.627. The van der Waals surface area contributed by atoms with E-state index in [2.05, 4.69) is 10.6 Å². The highest BCUT2D eigenvalue weighted by Crippen LogP contribution is 2.31. The maximum absolute atomic E-state index is 13.0. The van der Waals surface area contributed by atoms with Gasteiger partial charge in [-0.1, -0.05) is 18.2 Å². The van der Waals surface area contributed by atoms with Gasteiger partial charge in [0.15, 0.2) is 0 Å². The molecule has 1 amide bonds. The number of fused-ring (bicyclic) bond motifs is 1. The molecule has 2 saturated heterocycles. The van der Waals surface area contributed by atoms with E-state index in [1.807, 2.05) is 35.2 Å². The summed E-state index contributed by atoms with van der Waals surface area (Å²) in [6, 6.07) is 14.0. The highest BCUT2D eigenvalue weighted by atomic mass is 16.6. The van der Waals surface area contributed by atoms with Gasteiger partial charge in [0.2, 0.25) is 0 Å². The Labute approximate surface area is 163 Å². The van der Waals surface area contributed by atoms with Crippen molar-refractivity contribution in [3.05, 3.63) is 64.2 Å². The van der Waals surface area contributed by atoms with Crippen molar-refractivity contribution < 1.29 is 9.72 Å². The Morgan fingerprint density at radius 1 is 1.07 bits per heavy atom. The molecule has 2 fully saturated rings. The van der Waals surface area contributed by atoms with E-state index < -0.39 is 4.92 Å². The molecule has 0 radical (unpaired) electrons. The molecule has 0 unspecified atom stereocenters. The number of para-hydroxylation sites is 1. The molecule has 146 valence electrons. The van der Waals surface area contributed by atoms with Crippen molar-refractivity contribution in [3.8, 4) is 0 Å². The fourth-order valence-corrected chi connectivity index (χ4v) is 4.20. The number of rotatable bonds is 4. The Morgan fingerprint density at radius 2 is 1.75 bits per heavy atom. The van der Waals surface area contributed by atoms with Gasteiger partial charge in [-0.25, -0.2) is 0 Å². The maximum atomic E-state index is 13.0. The van der Waals surface area contributed by atoms with Gasteiger partial charge in [0.05, 0.1) is 4.92 Å². The van der Waals surface area contributed by atoms with Crippen LogP contribution in [0.15, 0.2) is 48.5 Å². The summed E-state index contributed by atoms with van der Waals surface area (Å²) >= 11 is 0. The molecule has 2 N–H and O–H groups in total. The Balaban J connectivity index is 1.53. The largest absolute Gasteiger partial charge is 0.350 e. The molecule has 0 bridgehead atoms. The molecule has 2 atom stereocenters. The van der Waals surface area contributed by atoms with Crippen LogP contribution in [0.1, 0.15) is 23.2 Å². The van der Waals surface area contributed by atoms with E-state index in [-0.39, 0.29) is 11.6 Å². The van der Waals surface area contributed by atoms with Gasteiger partial charge in [-0.2, -0.15) is 0 Å². The van der Waals surface area contributed by atoms with Crippen LogP contribution in [0.3, 0.4) is 0 Å². The van der Waals surface area contributed by atoms with Crippen LogP contribution >= 0.6 is 0 Å². The third-order valence-corrected chi connectivity index (χ3v) is 5.80. The van der Waals surface area contributed by atoms with Crippen molar-refractivity contribution >= 4 is 23.0 Å². The van der Waals surface area contributed by atoms with E-state index in [4.69, 9.17) is 0 Å². The Bertz CT molecular complexity index is 857. The minimum atomic E-state index is -0.444. The van der Waals surface area contributed by atoms with Crippen LogP contribution in [-0.2, 0) is 0 Å². The lowest BCUT2D eigenvalue weighted by Gasteiger charge is -2.21. The average Bonchev–Trinajstić information content (AvgIpc) is 3.06. The van der Waals surface area contributed by atoms with Crippen molar-refractivity contribution in [1.29, 1.82) is 0 Å². The van der Waals surface area contributed by atoms with Crippen LogP contribution in [0.5, 0.6) is 0 Å². The first-order chi connectivity index (χ1) is 13.6. The third kappa shape index (κ3) is 3.84. The zero-order chi connectivity index (χ0) is 19.5. The highest BCUT2D eigenvalue weighted by Gasteiger charge is 2.32. The summed E-state index contributed by atoms with van der Waals surface area (Å²) in [5.74, 6) is 1.14. The summed E-state index contributed by atoms with van der Waals surface area (Å²) in [4.78, 5) is 26.0. The second kappa shape index (κ2) is 7.98. The Morgan fingerprint density at radius 3 is 2.39 bits per heavy atom. The molecular weight excluding hydrogens is 356 g/mol. The first-order valence-electron chi connectivity index (χ1n) is 9.72. The van der Waals surface area contributed by atoms with Gasteiger partial charge in [-0.05, 0) is 62.0 Å². The minimum Gasteiger partial charge on any atom is -0.350 e. The average molecular weight is 380 g/mol. The second-order valence-electron chi connectivity index (χ2n) is 7.53. The summed E-state index contributed by atoms with van der Waals surface area (Å²) in [5, 5.41) is 18.1. The van der Waals surface area contributed by atoms with Gasteiger partial charge in [-0.15, -0.1) is 0 Å². The standard InChI is InChI=1S/C21H24N4O3/c26-21(24-10-8-16-13-22-14-17(16)9-11-24)15-6-7-19(20(12-15)25(27)28)23-18-4-2-1-3-5-18/h1-7,12,16-17,22-23H,8-11,13-14H2/t16-,17+. The second-order valence-corrected chi connectivity index (χ2v) is 7.53. The number of nitrogens with zero attached hydrogens (tertiary/aromatic N) is 2. The fourth-order valence-electron chi connectivity index (χ4n) is 4.20. The van der Waals surface area contributed by atoms with Crippen LogP contribution in [0.2, 0.25) is 0 Å². The van der Waals surface area contributed by atoms with Crippen LogP contribution < -0.4 is 10.6 Å². The topological polar surface area (TPSA) is 87.5 Å². The predicted molar refractivity (Wildman–Crippen MR) is 108 cm³/mol. The number of likely N-dealkylation sites (tertiary alicyclic amines) is 1. The van der Waals surface area contributed by atoms with E-state index in [0.29, 0.717) is 36.2 Å². The van der Waals surface area contributed by atoms with Crippen LogP contribution in [0.4, 0.5) is 17.1 Å². The van der Waals surface area contributed by atoms with Gasteiger partial charge in [0.1, 0.15) is 5.69 Å². The lowest BCUT2D eigenvalue weighted by Crippen LogP contribution is -2.32. The van der Waals surface area contributed by atoms with E-state index >= 15 is 0 Å². The lowest BCUT2D eigenvalue weighted by molar-refractivity contribution is -0.383. The molecule has 2 aliphatic rings. The zero-order valence-electron chi connectivity index (χ0n) is 15.6. The molecular formula is C21H24N4O3. The van der Waals surface area contributed by atoms with E-state index in [1.54, 1.807) is 12.1 Å². The Kier molecular flexibility index (Phi) is 5.25. The normalized spacial score (nSPS) is 21.6. The molecule has 2 heterocycles. The molecule has 4 rings (SSSR count). The molecule has 2 aromatic carbocycles. The summed E-state index contributed by atoms with van der Waals surface area (Å²) in [5.41, 5.74) is 1.42. The Hall–Kier alpha value is -2.93. The van der Waals surface area contributed by atoms with Crippen LogP contribution in [0.25, 0.3) is 0 Å². The van der Waals surface area contributed by atoms with E-state index in [1.165, 1.54) is 6.07 Å². The number of amides is 1. The van der Waals surface area contributed by atoms with Gasteiger partial charge in [0.25, 0.3) is 11.6 Å². The number of anilines is 2. The van der Waals surface area contributed by atoms with Gasteiger partial charge in [0, 0.05) is 30.4 Å². The summed E-state index contributed by atoms with van der Waals surface area (Å²) in [7, 11) is 0. The van der Waals surface area contributed by atoms with E-state index in [9.17, 15) is 14.9 Å². The molecule has 7 nitrogen and oxygen atoms in total. The summed E-state index contributed by atoms with van der Waals surface area (Å²) < 4.78 is 0. The number of hydrogen-bond donors (Lipinski definition) is 2. The predicted octanol–water partition coefficient (Wildman–Crippen LogP) is 3.41. The smallest absolute Gasteiger partial charge is 0.293 e. The first kappa shape index (κ1) is 18.4. The van der Waals surface area contributed by atoms with Crippen molar-refractivity contribution in [2.45, 2.75) is 12.8 Å². The van der Waals surface area contributed by atoms with Crippen LogP contribution in [-0.4, -0.2) is 41.9 Å².